The highest BCUT2D eigenvalue weighted by Crippen LogP contribution is 2.24. The van der Waals surface area contributed by atoms with Crippen molar-refractivity contribution in [3.63, 3.8) is 0 Å². The largest absolute Gasteiger partial charge is 0.495 e. The molecule has 0 aliphatic rings. The normalized spacial score (nSPS) is 9.86. The molecule has 1 rings (SSSR count). The van der Waals surface area contributed by atoms with Crippen LogP contribution in [0.25, 0.3) is 0 Å². The Morgan fingerprint density at radius 1 is 1.43 bits per heavy atom. The zero-order chi connectivity index (χ0) is 10.6. The number of para-hydroxylation sites is 1. The van der Waals surface area contributed by atoms with Crippen LogP contribution in [0.15, 0.2) is 18.2 Å². The third-order valence-electron chi connectivity index (χ3n) is 1.86. The lowest BCUT2D eigenvalue weighted by atomic mass is 10.1. The number of ketones is 1. The van der Waals surface area contributed by atoms with Gasteiger partial charge in [-0.25, -0.2) is 0 Å². The monoisotopic (exact) mass is 195 g/mol. The highest BCUT2D eigenvalue weighted by Gasteiger charge is 2.12. The van der Waals surface area contributed by atoms with E-state index in [4.69, 9.17) is 15.2 Å². The van der Waals surface area contributed by atoms with Crippen molar-refractivity contribution in [2.75, 3.05) is 26.6 Å². The first kappa shape index (κ1) is 10.5. The summed E-state index contributed by atoms with van der Waals surface area (Å²) in [5.74, 6) is 0.357. The van der Waals surface area contributed by atoms with Gasteiger partial charge in [0.25, 0.3) is 0 Å². The van der Waals surface area contributed by atoms with Gasteiger partial charge in [-0.1, -0.05) is 6.07 Å². The summed E-state index contributed by atoms with van der Waals surface area (Å²) in [7, 11) is 2.98. The van der Waals surface area contributed by atoms with Crippen molar-refractivity contribution in [1.82, 2.24) is 0 Å². The van der Waals surface area contributed by atoms with Crippen LogP contribution in [0.2, 0.25) is 0 Å². The van der Waals surface area contributed by atoms with Crippen molar-refractivity contribution in [1.29, 1.82) is 0 Å². The lowest BCUT2D eigenvalue weighted by Crippen LogP contribution is -2.10. The van der Waals surface area contributed by atoms with Gasteiger partial charge in [0.15, 0.2) is 5.78 Å². The second-order valence-electron chi connectivity index (χ2n) is 2.78. The van der Waals surface area contributed by atoms with E-state index < -0.39 is 0 Å². The molecule has 76 valence electrons. The maximum atomic E-state index is 11.5. The predicted molar refractivity (Wildman–Crippen MR) is 53.6 cm³/mol. The van der Waals surface area contributed by atoms with Crippen LogP contribution in [0.5, 0.6) is 5.75 Å². The molecule has 0 amide bonds. The van der Waals surface area contributed by atoms with E-state index in [1.807, 2.05) is 0 Å². The van der Waals surface area contributed by atoms with Crippen LogP contribution < -0.4 is 10.5 Å². The molecule has 0 saturated heterocycles. The van der Waals surface area contributed by atoms with E-state index in [0.29, 0.717) is 17.0 Å². The minimum absolute atomic E-state index is 0.0252. The summed E-state index contributed by atoms with van der Waals surface area (Å²) >= 11 is 0. The van der Waals surface area contributed by atoms with E-state index in [1.54, 1.807) is 18.2 Å². The highest BCUT2D eigenvalue weighted by molar-refractivity contribution is 6.02. The molecular weight excluding hydrogens is 182 g/mol. The fraction of sp³-hybridized carbons (Fsp3) is 0.300. The molecule has 0 saturated carbocycles. The maximum absolute atomic E-state index is 11.5. The van der Waals surface area contributed by atoms with E-state index in [1.165, 1.54) is 14.2 Å². The zero-order valence-corrected chi connectivity index (χ0v) is 8.24. The molecule has 0 aliphatic carbocycles. The summed E-state index contributed by atoms with van der Waals surface area (Å²) in [5, 5.41) is 0. The Labute approximate surface area is 82.6 Å². The van der Waals surface area contributed by atoms with E-state index in [9.17, 15) is 4.79 Å². The summed E-state index contributed by atoms with van der Waals surface area (Å²) in [6, 6.07) is 5.08. The predicted octanol–water partition coefficient (Wildman–Crippen LogP) is 1.11. The van der Waals surface area contributed by atoms with E-state index in [-0.39, 0.29) is 12.4 Å². The first-order chi connectivity index (χ1) is 6.70. The number of methoxy groups -OCH3 is 2. The minimum atomic E-state index is -0.149. The molecule has 0 atom stereocenters. The van der Waals surface area contributed by atoms with Crippen molar-refractivity contribution < 1.29 is 14.3 Å². The summed E-state index contributed by atoms with van der Waals surface area (Å²) in [6.45, 7) is 0.0252. The number of hydrogen-bond donors (Lipinski definition) is 1. The maximum Gasteiger partial charge on any atom is 0.190 e. The molecule has 0 unspecified atom stereocenters. The molecule has 0 fully saturated rings. The van der Waals surface area contributed by atoms with Crippen LogP contribution in [0.1, 0.15) is 10.4 Å². The van der Waals surface area contributed by atoms with E-state index in [2.05, 4.69) is 0 Å². The third-order valence-corrected chi connectivity index (χ3v) is 1.86. The fourth-order valence-corrected chi connectivity index (χ4v) is 1.17. The Morgan fingerprint density at radius 3 is 2.71 bits per heavy atom. The second kappa shape index (κ2) is 4.62. The molecule has 1 aromatic rings. The smallest absolute Gasteiger partial charge is 0.190 e. The number of ether oxygens (including phenoxy) is 2. The second-order valence-corrected chi connectivity index (χ2v) is 2.78. The van der Waals surface area contributed by atoms with Gasteiger partial charge in [-0.05, 0) is 12.1 Å². The molecule has 4 nitrogen and oxygen atoms in total. The van der Waals surface area contributed by atoms with Gasteiger partial charge in [0, 0.05) is 12.7 Å². The molecule has 0 aromatic heterocycles. The Bertz CT molecular complexity index is 336. The highest BCUT2D eigenvalue weighted by atomic mass is 16.5. The lowest BCUT2D eigenvalue weighted by Gasteiger charge is -2.08. The minimum Gasteiger partial charge on any atom is -0.495 e. The van der Waals surface area contributed by atoms with Gasteiger partial charge in [-0.2, -0.15) is 0 Å². The van der Waals surface area contributed by atoms with Crippen LogP contribution in [0.4, 0.5) is 5.69 Å². The van der Waals surface area contributed by atoms with E-state index in [0.717, 1.165) is 0 Å². The van der Waals surface area contributed by atoms with Crippen molar-refractivity contribution in [2.45, 2.75) is 0 Å². The molecule has 0 bridgehead atoms. The number of Topliss-reactive ketones (excluding diaryl/α,β-unsaturated/α-hetero) is 1. The average Bonchev–Trinajstić information content (AvgIpc) is 2.18. The first-order valence-electron chi connectivity index (χ1n) is 4.15. The molecule has 4 heteroatoms. The standard InChI is InChI=1S/C10H13NO3/c1-13-6-8(12)7-4-3-5-9(14-2)10(7)11/h3-5H,6,11H2,1-2H3. The lowest BCUT2D eigenvalue weighted by molar-refractivity contribution is 0.0848. The van der Waals surface area contributed by atoms with Crippen molar-refractivity contribution >= 4 is 11.5 Å². The van der Waals surface area contributed by atoms with Crippen LogP contribution in [-0.2, 0) is 4.74 Å². The Hall–Kier alpha value is -1.55. The Kier molecular flexibility index (Phi) is 3.48. The fourth-order valence-electron chi connectivity index (χ4n) is 1.17. The van der Waals surface area contributed by atoms with Crippen molar-refractivity contribution in [2.24, 2.45) is 0 Å². The summed E-state index contributed by atoms with van der Waals surface area (Å²) < 4.78 is 9.74. The number of carbonyl (C=O) groups excluding carboxylic acids is 1. The molecule has 0 spiro atoms. The Balaban J connectivity index is 3.03. The molecule has 2 N–H and O–H groups in total. The molecular formula is C10H13NO3. The van der Waals surface area contributed by atoms with Crippen LogP contribution >= 0.6 is 0 Å². The molecule has 1 aromatic carbocycles. The van der Waals surface area contributed by atoms with Gasteiger partial charge in [0.2, 0.25) is 0 Å². The van der Waals surface area contributed by atoms with Gasteiger partial charge in [0.1, 0.15) is 12.4 Å². The SMILES string of the molecule is COCC(=O)c1cccc(OC)c1N. The van der Waals surface area contributed by atoms with Gasteiger partial charge in [-0.15, -0.1) is 0 Å². The third kappa shape index (κ3) is 2.03. The van der Waals surface area contributed by atoms with Gasteiger partial charge >= 0.3 is 0 Å². The van der Waals surface area contributed by atoms with Gasteiger partial charge < -0.3 is 15.2 Å². The summed E-state index contributed by atoms with van der Waals surface area (Å²) in [4.78, 5) is 11.5. The van der Waals surface area contributed by atoms with Gasteiger partial charge in [0.05, 0.1) is 12.8 Å². The first-order valence-corrected chi connectivity index (χ1v) is 4.15. The molecule has 14 heavy (non-hydrogen) atoms. The number of carbonyl (C=O) groups is 1. The molecule has 0 heterocycles. The number of nitrogens with two attached hydrogens (primary N) is 1. The van der Waals surface area contributed by atoms with Gasteiger partial charge in [-0.3, -0.25) is 4.79 Å². The number of benzene rings is 1. The topological polar surface area (TPSA) is 61.5 Å². The zero-order valence-electron chi connectivity index (χ0n) is 8.24. The Morgan fingerprint density at radius 2 is 2.14 bits per heavy atom. The summed E-state index contributed by atoms with van der Waals surface area (Å²) in [6.07, 6.45) is 0. The number of rotatable bonds is 4. The van der Waals surface area contributed by atoms with Crippen LogP contribution in [0, 0.1) is 0 Å². The van der Waals surface area contributed by atoms with Crippen LogP contribution in [-0.4, -0.2) is 26.6 Å². The van der Waals surface area contributed by atoms with Crippen LogP contribution in [0.3, 0.4) is 0 Å². The van der Waals surface area contributed by atoms with Crippen molar-refractivity contribution in [3.8, 4) is 5.75 Å². The quantitative estimate of drug-likeness (QED) is 0.577. The summed E-state index contributed by atoms with van der Waals surface area (Å²) in [5.41, 5.74) is 6.52. The molecule has 0 aliphatic heterocycles. The van der Waals surface area contributed by atoms with E-state index >= 15 is 0 Å². The average molecular weight is 195 g/mol. The number of nitrogen functional groups attached to an aromatic ring is 1. The van der Waals surface area contributed by atoms with Crippen molar-refractivity contribution in [3.05, 3.63) is 23.8 Å². The molecule has 0 radical (unpaired) electrons. The number of hydrogen-bond acceptors (Lipinski definition) is 4. The number of anilines is 1.